The summed E-state index contributed by atoms with van der Waals surface area (Å²) in [6.07, 6.45) is -0.403. The van der Waals surface area contributed by atoms with Gasteiger partial charge in [-0.05, 0) is 69.3 Å². The number of rotatable bonds is 8. The molecule has 1 fully saturated rings. The van der Waals surface area contributed by atoms with Gasteiger partial charge < -0.3 is 19.1 Å². The maximum Gasteiger partial charge on any atom is 0.233 e. The lowest BCUT2D eigenvalue weighted by molar-refractivity contribution is -0.128. The Hall–Kier alpha value is -3.14. The average Bonchev–Trinajstić information content (AvgIpc) is 3.29. The van der Waals surface area contributed by atoms with Crippen LogP contribution in [0.15, 0.2) is 53.7 Å². The predicted molar refractivity (Wildman–Crippen MR) is 132 cm³/mol. The van der Waals surface area contributed by atoms with Gasteiger partial charge in [0.2, 0.25) is 5.91 Å². The van der Waals surface area contributed by atoms with Crippen LogP contribution in [0, 0.1) is 11.6 Å². The number of halogens is 2. The monoisotopic (exact) mass is 501 g/mol. The van der Waals surface area contributed by atoms with Crippen molar-refractivity contribution in [2.75, 3.05) is 36.8 Å². The SMILES string of the molecule is CC(Oc1ccc(F)cc1)c1nnc(SCC(=O)N2CCN(c3ccc(F)cc3)CC2)n1C(C)C. The fourth-order valence-electron chi connectivity index (χ4n) is 4.00. The molecule has 3 aromatic rings. The second-order valence-electron chi connectivity index (χ2n) is 8.65. The van der Waals surface area contributed by atoms with E-state index in [0.717, 1.165) is 5.69 Å². The molecule has 10 heteroatoms. The van der Waals surface area contributed by atoms with E-state index in [-0.39, 0.29) is 29.3 Å². The zero-order valence-electron chi connectivity index (χ0n) is 20.0. The molecule has 1 unspecified atom stereocenters. The highest BCUT2D eigenvalue weighted by Gasteiger charge is 2.25. The summed E-state index contributed by atoms with van der Waals surface area (Å²) in [6.45, 7) is 8.55. The first kappa shape index (κ1) is 25.0. The van der Waals surface area contributed by atoms with E-state index in [4.69, 9.17) is 4.74 Å². The van der Waals surface area contributed by atoms with E-state index in [1.165, 1.54) is 36.0 Å². The summed E-state index contributed by atoms with van der Waals surface area (Å²) >= 11 is 1.36. The van der Waals surface area contributed by atoms with Crippen molar-refractivity contribution in [3.05, 3.63) is 66.0 Å². The predicted octanol–water partition coefficient (Wildman–Crippen LogP) is 4.72. The van der Waals surface area contributed by atoms with E-state index in [0.29, 0.717) is 42.9 Å². The zero-order valence-corrected chi connectivity index (χ0v) is 20.8. The number of amides is 1. The van der Waals surface area contributed by atoms with Gasteiger partial charge in [0.25, 0.3) is 0 Å². The van der Waals surface area contributed by atoms with Crippen LogP contribution in [0.25, 0.3) is 0 Å². The molecule has 2 heterocycles. The highest BCUT2D eigenvalue weighted by Crippen LogP contribution is 2.28. The number of hydrogen-bond acceptors (Lipinski definition) is 6. The molecule has 1 aliphatic rings. The molecule has 4 rings (SSSR count). The minimum atomic E-state index is -0.403. The van der Waals surface area contributed by atoms with E-state index in [9.17, 15) is 13.6 Å². The summed E-state index contributed by atoms with van der Waals surface area (Å²) in [7, 11) is 0. The van der Waals surface area contributed by atoms with Crippen molar-refractivity contribution in [3.8, 4) is 5.75 Å². The summed E-state index contributed by atoms with van der Waals surface area (Å²) < 4.78 is 34.3. The van der Waals surface area contributed by atoms with Gasteiger partial charge in [0.1, 0.15) is 17.4 Å². The zero-order chi connectivity index (χ0) is 24.9. The van der Waals surface area contributed by atoms with Crippen LogP contribution in [0.2, 0.25) is 0 Å². The van der Waals surface area contributed by atoms with Crippen LogP contribution in [0.4, 0.5) is 14.5 Å². The van der Waals surface area contributed by atoms with Crippen LogP contribution < -0.4 is 9.64 Å². The maximum absolute atomic E-state index is 13.2. The lowest BCUT2D eigenvalue weighted by Gasteiger charge is -2.36. The van der Waals surface area contributed by atoms with Crippen LogP contribution >= 0.6 is 11.8 Å². The number of carbonyl (C=O) groups is 1. The quantitative estimate of drug-likeness (QED) is 0.417. The molecule has 7 nitrogen and oxygen atoms in total. The van der Waals surface area contributed by atoms with Crippen LogP contribution in [-0.2, 0) is 4.79 Å². The van der Waals surface area contributed by atoms with Crippen molar-refractivity contribution in [2.24, 2.45) is 0 Å². The van der Waals surface area contributed by atoms with Crippen LogP contribution in [-0.4, -0.2) is 57.5 Å². The number of hydrogen-bond donors (Lipinski definition) is 0. The summed E-state index contributed by atoms with van der Waals surface area (Å²) in [4.78, 5) is 16.9. The number of nitrogens with zero attached hydrogens (tertiary/aromatic N) is 5. The Kier molecular flexibility index (Phi) is 7.90. The van der Waals surface area contributed by atoms with Gasteiger partial charge in [-0.2, -0.15) is 0 Å². The largest absolute Gasteiger partial charge is 0.483 e. The fourth-order valence-corrected chi connectivity index (χ4v) is 4.98. The van der Waals surface area contributed by atoms with Gasteiger partial charge in [0.15, 0.2) is 17.1 Å². The first-order valence-electron chi connectivity index (χ1n) is 11.6. The summed E-state index contributed by atoms with van der Waals surface area (Å²) in [5.41, 5.74) is 0.961. The molecule has 0 saturated carbocycles. The average molecular weight is 502 g/mol. The lowest BCUT2D eigenvalue weighted by Crippen LogP contribution is -2.49. The first-order valence-corrected chi connectivity index (χ1v) is 12.6. The van der Waals surface area contributed by atoms with E-state index in [1.807, 2.05) is 30.2 Å². The van der Waals surface area contributed by atoms with E-state index < -0.39 is 6.10 Å². The molecule has 1 aromatic heterocycles. The molecule has 0 spiro atoms. The van der Waals surface area contributed by atoms with Gasteiger partial charge in [-0.1, -0.05) is 11.8 Å². The van der Waals surface area contributed by atoms with Crippen molar-refractivity contribution in [1.82, 2.24) is 19.7 Å². The summed E-state index contributed by atoms with van der Waals surface area (Å²) in [6, 6.07) is 12.3. The topological polar surface area (TPSA) is 63.5 Å². The van der Waals surface area contributed by atoms with Crippen molar-refractivity contribution >= 4 is 23.4 Å². The van der Waals surface area contributed by atoms with Crippen LogP contribution in [0.3, 0.4) is 0 Å². The van der Waals surface area contributed by atoms with Crippen LogP contribution in [0.5, 0.6) is 5.75 Å². The van der Waals surface area contributed by atoms with Gasteiger partial charge in [-0.15, -0.1) is 10.2 Å². The standard InChI is InChI=1S/C25H29F2N5O2S/c1-17(2)32-24(18(3)34-22-10-6-20(27)7-11-22)28-29-25(32)35-16-23(33)31-14-12-30(13-15-31)21-8-4-19(26)5-9-21/h4-11,17-18H,12-16H2,1-3H3. The molecule has 1 aliphatic heterocycles. The molecule has 0 aliphatic carbocycles. The van der Waals surface area contributed by atoms with Gasteiger partial charge >= 0.3 is 0 Å². The smallest absolute Gasteiger partial charge is 0.233 e. The minimum Gasteiger partial charge on any atom is -0.483 e. The number of carbonyl (C=O) groups excluding carboxylic acids is 1. The highest BCUT2D eigenvalue weighted by atomic mass is 32.2. The van der Waals surface area contributed by atoms with Crippen molar-refractivity contribution < 1.29 is 18.3 Å². The molecule has 1 atom stereocenters. The van der Waals surface area contributed by atoms with Crippen molar-refractivity contribution in [3.63, 3.8) is 0 Å². The molecule has 35 heavy (non-hydrogen) atoms. The normalized spacial score (nSPS) is 14.9. The number of ether oxygens (including phenoxy) is 1. The number of thioether (sulfide) groups is 1. The second kappa shape index (κ2) is 11.1. The molecule has 0 bridgehead atoms. The molecule has 2 aromatic carbocycles. The van der Waals surface area contributed by atoms with Crippen molar-refractivity contribution in [2.45, 2.75) is 38.1 Å². The number of aromatic nitrogens is 3. The molecule has 1 saturated heterocycles. The first-order chi connectivity index (χ1) is 16.8. The third kappa shape index (κ3) is 6.11. The van der Waals surface area contributed by atoms with Gasteiger partial charge in [-0.25, -0.2) is 8.78 Å². The number of piperazine rings is 1. The third-order valence-electron chi connectivity index (χ3n) is 5.85. The van der Waals surface area contributed by atoms with Gasteiger partial charge in [-0.3, -0.25) is 4.79 Å². The Balaban J connectivity index is 1.34. The van der Waals surface area contributed by atoms with E-state index in [1.54, 1.807) is 24.3 Å². The molecular formula is C25H29F2N5O2S. The molecule has 0 N–H and O–H groups in total. The van der Waals surface area contributed by atoms with E-state index in [2.05, 4.69) is 15.1 Å². The molecule has 1 amide bonds. The molecule has 186 valence electrons. The van der Waals surface area contributed by atoms with Crippen molar-refractivity contribution in [1.29, 1.82) is 0 Å². The number of anilines is 1. The van der Waals surface area contributed by atoms with Crippen LogP contribution in [0.1, 0.15) is 38.7 Å². The Labute approximate surface area is 208 Å². The summed E-state index contributed by atoms with van der Waals surface area (Å²) in [5, 5.41) is 9.30. The van der Waals surface area contributed by atoms with E-state index >= 15 is 0 Å². The minimum absolute atomic E-state index is 0.0456. The lowest BCUT2D eigenvalue weighted by atomic mass is 10.2. The highest BCUT2D eigenvalue weighted by molar-refractivity contribution is 7.99. The summed E-state index contributed by atoms with van der Waals surface area (Å²) in [5.74, 6) is 0.913. The Morgan fingerprint density at radius 3 is 2.14 bits per heavy atom. The maximum atomic E-state index is 13.2. The third-order valence-corrected chi connectivity index (χ3v) is 6.77. The fraction of sp³-hybridized carbons (Fsp3) is 0.400. The Morgan fingerprint density at radius 1 is 0.943 bits per heavy atom. The number of benzene rings is 2. The van der Waals surface area contributed by atoms with Gasteiger partial charge in [0, 0.05) is 37.9 Å². The molecule has 0 radical (unpaired) electrons. The molecular weight excluding hydrogens is 472 g/mol. The van der Waals surface area contributed by atoms with Gasteiger partial charge in [0.05, 0.1) is 5.75 Å². The second-order valence-corrected chi connectivity index (χ2v) is 9.59. The Bertz CT molecular complexity index is 1130. The Morgan fingerprint density at radius 2 is 1.54 bits per heavy atom.